The van der Waals surface area contributed by atoms with E-state index in [9.17, 15) is 4.79 Å². The van der Waals surface area contributed by atoms with E-state index in [0.29, 0.717) is 30.5 Å². The maximum Gasteiger partial charge on any atom is 0.267 e. The van der Waals surface area contributed by atoms with Crippen molar-refractivity contribution in [2.45, 2.75) is 25.0 Å². The molecule has 0 radical (unpaired) electrons. The van der Waals surface area contributed by atoms with Crippen LogP contribution in [0.1, 0.15) is 12.8 Å². The highest BCUT2D eigenvalue weighted by atomic mass is 16.6. The summed E-state index contributed by atoms with van der Waals surface area (Å²) < 4.78 is 17.3. The van der Waals surface area contributed by atoms with Crippen LogP contribution in [-0.2, 0) is 4.79 Å². The van der Waals surface area contributed by atoms with Crippen molar-refractivity contribution in [3.63, 3.8) is 0 Å². The quantitative estimate of drug-likeness (QED) is 0.846. The number of fused-ring (bicyclic) bond motifs is 1. The predicted molar refractivity (Wildman–Crippen MR) is 88.6 cm³/mol. The summed E-state index contributed by atoms with van der Waals surface area (Å²) in [6, 6.07) is 7.39. The molecule has 1 amide bonds. The fourth-order valence-electron chi connectivity index (χ4n) is 3.10. The molecule has 2 aliphatic rings. The minimum atomic E-state index is -0.620. The summed E-state index contributed by atoms with van der Waals surface area (Å²) in [5, 5.41) is 0. The molecule has 2 unspecified atom stereocenters. The molecule has 1 saturated heterocycles. The summed E-state index contributed by atoms with van der Waals surface area (Å²) in [6.45, 7) is 1.43. The zero-order valence-corrected chi connectivity index (χ0v) is 13.7. The van der Waals surface area contributed by atoms with Crippen molar-refractivity contribution < 1.29 is 19.0 Å². The van der Waals surface area contributed by atoms with E-state index < -0.39 is 6.10 Å². The number of ether oxygens (including phenoxy) is 3. The van der Waals surface area contributed by atoms with Gasteiger partial charge in [-0.3, -0.25) is 9.78 Å². The van der Waals surface area contributed by atoms with Crippen molar-refractivity contribution in [1.29, 1.82) is 0 Å². The van der Waals surface area contributed by atoms with Crippen LogP contribution in [0.15, 0.2) is 42.9 Å². The van der Waals surface area contributed by atoms with Crippen LogP contribution < -0.4 is 14.2 Å². The second-order valence-electron chi connectivity index (χ2n) is 6.07. The Morgan fingerprint density at radius 3 is 2.96 bits per heavy atom. The van der Waals surface area contributed by atoms with Gasteiger partial charge in [0.2, 0.25) is 12.0 Å². The lowest BCUT2D eigenvalue weighted by Gasteiger charge is -2.35. The SMILES string of the molecule is O=C(C1COc2ccccc2O1)N1CCCC(Oc2cnccn2)C1. The number of hydrogen-bond acceptors (Lipinski definition) is 6. The van der Waals surface area contributed by atoms with Crippen LogP contribution in [0.25, 0.3) is 0 Å². The number of para-hydroxylation sites is 2. The molecule has 0 N–H and O–H groups in total. The van der Waals surface area contributed by atoms with Gasteiger partial charge in [0.25, 0.3) is 5.91 Å². The average Bonchev–Trinajstić information content (AvgIpc) is 2.68. The van der Waals surface area contributed by atoms with Gasteiger partial charge in [-0.1, -0.05) is 12.1 Å². The van der Waals surface area contributed by atoms with Crippen LogP contribution in [0, 0.1) is 0 Å². The molecule has 25 heavy (non-hydrogen) atoms. The Morgan fingerprint density at radius 1 is 1.24 bits per heavy atom. The second kappa shape index (κ2) is 6.96. The van der Waals surface area contributed by atoms with Crippen LogP contribution in [-0.4, -0.2) is 52.7 Å². The van der Waals surface area contributed by atoms with Gasteiger partial charge in [-0.25, -0.2) is 4.98 Å². The maximum atomic E-state index is 12.8. The van der Waals surface area contributed by atoms with Gasteiger partial charge in [0, 0.05) is 18.9 Å². The maximum absolute atomic E-state index is 12.8. The van der Waals surface area contributed by atoms with Gasteiger partial charge in [-0.2, -0.15) is 0 Å². The number of likely N-dealkylation sites (tertiary alicyclic amines) is 1. The molecule has 1 aromatic heterocycles. The van der Waals surface area contributed by atoms with Crippen LogP contribution in [0.4, 0.5) is 0 Å². The standard InChI is InChI=1S/C18H19N3O4/c22-18(16-12-23-14-5-1-2-6-15(14)25-16)21-9-3-4-13(11-21)24-17-10-19-7-8-20-17/h1-2,5-8,10,13,16H,3-4,9,11-12H2. The summed E-state index contributed by atoms with van der Waals surface area (Å²) in [6.07, 6.45) is 5.81. The third-order valence-corrected chi connectivity index (χ3v) is 4.30. The van der Waals surface area contributed by atoms with Crippen molar-refractivity contribution in [3.05, 3.63) is 42.9 Å². The summed E-state index contributed by atoms with van der Waals surface area (Å²) in [4.78, 5) is 22.7. The Morgan fingerprint density at radius 2 is 2.12 bits per heavy atom. The molecule has 3 heterocycles. The molecule has 2 atom stereocenters. The van der Waals surface area contributed by atoms with Gasteiger partial charge in [-0.05, 0) is 25.0 Å². The van der Waals surface area contributed by atoms with E-state index in [2.05, 4.69) is 9.97 Å². The molecule has 2 aliphatic heterocycles. The number of piperidine rings is 1. The lowest BCUT2D eigenvalue weighted by atomic mass is 10.1. The van der Waals surface area contributed by atoms with E-state index in [4.69, 9.17) is 14.2 Å². The first-order chi connectivity index (χ1) is 12.3. The predicted octanol–water partition coefficient (Wildman–Crippen LogP) is 1.69. The number of amides is 1. The molecule has 0 spiro atoms. The smallest absolute Gasteiger partial charge is 0.267 e. The molecule has 2 aromatic rings. The van der Waals surface area contributed by atoms with Crippen molar-refractivity contribution in [2.24, 2.45) is 0 Å². The molecular weight excluding hydrogens is 322 g/mol. The monoisotopic (exact) mass is 341 g/mol. The number of nitrogens with zero attached hydrogens (tertiary/aromatic N) is 3. The Labute approximate surface area is 145 Å². The molecule has 1 fully saturated rings. The molecule has 7 heteroatoms. The van der Waals surface area contributed by atoms with E-state index in [-0.39, 0.29) is 18.6 Å². The van der Waals surface area contributed by atoms with Crippen LogP contribution in [0.3, 0.4) is 0 Å². The van der Waals surface area contributed by atoms with Gasteiger partial charge < -0.3 is 19.1 Å². The summed E-state index contributed by atoms with van der Waals surface area (Å²) >= 11 is 0. The van der Waals surface area contributed by atoms with E-state index in [1.807, 2.05) is 24.3 Å². The number of carbonyl (C=O) groups excluding carboxylic acids is 1. The van der Waals surface area contributed by atoms with Crippen molar-refractivity contribution >= 4 is 5.91 Å². The Balaban J connectivity index is 1.39. The highest BCUT2D eigenvalue weighted by molar-refractivity contribution is 5.82. The fraction of sp³-hybridized carbons (Fsp3) is 0.389. The number of hydrogen-bond donors (Lipinski definition) is 0. The Bertz CT molecular complexity index is 740. The number of rotatable bonds is 3. The normalized spacial score (nSPS) is 22.3. The third-order valence-electron chi connectivity index (χ3n) is 4.30. The zero-order chi connectivity index (χ0) is 17.1. The van der Waals surface area contributed by atoms with Crippen LogP contribution >= 0.6 is 0 Å². The Hall–Kier alpha value is -2.83. The minimum Gasteiger partial charge on any atom is -0.485 e. The molecule has 0 saturated carbocycles. The summed E-state index contributed by atoms with van der Waals surface area (Å²) in [7, 11) is 0. The fourth-order valence-corrected chi connectivity index (χ4v) is 3.10. The van der Waals surface area contributed by atoms with Crippen molar-refractivity contribution in [3.8, 4) is 17.4 Å². The van der Waals surface area contributed by atoms with Gasteiger partial charge in [0.05, 0.1) is 12.7 Å². The highest BCUT2D eigenvalue weighted by Gasteiger charge is 2.34. The lowest BCUT2D eigenvalue weighted by molar-refractivity contribution is -0.143. The number of carbonyl (C=O) groups is 1. The van der Waals surface area contributed by atoms with Gasteiger partial charge >= 0.3 is 0 Å². The molecule has 0 aliphatic carbocycles. The highest BCUT2D eigenvalue weighted by Crippen LogP contribution is 2.31. The van der Waals surface area contributed by atoms with Crippen molar-refractivity contribution in [2.75, 3.05) is 19.7 Å². The molecular formula is C18H19N3O4. The van der Waals surface area contributed by atoms with E-state index in [1.54, 1.807) is 23.5 Å². The minimum absolute atomic E-state index is 0.0676. The first-order valence-electron chi connectivity index (χ1n) is 8.39. The molecule has 130 valence electrons. The lowest BCUT2D eigenvalue weighted by Crippen LogP contribution is -2.51. The second-order valence-corrected chi connectivity index (χ2v) is 6.07. The Kier molecular flexibility index (Phi) is 4.37. The molecule has 4 rings (SSSR count). The van der Waals surface area contributed by atoms with E-state index in [0.717, 1.165) is 12.8 Å². The van der Waals surface area contributed by atoms with Gasteiger partial charge in [0.15, 0.2) is 11.5 Å². The largest absolute Gasteiger partial charge is 0.485 e. The third kappa shape index (κ3) is 3.50. The average molecular weight is 341 g/mol. The zero-order valence-electron chi connectivity index (χ0n) is 13.7. The summed E-state index contributed by atoms with van der Waals surface area (Å²) in [5.74, 6) is 1.69. The molecule has 1 aromatic carbocycles. The number of aromatic nitrogens is 2. The van der Waals surface area contributed by atoms with Gasteiger partial charge in [-0.15, -0.1) is 0 Å². The van der Waals surface area contributed by atoms with Crippen LogP contribution in [0.2, 0.25) is 0 Å². The van der Waals surface area contributed by atoms with Crippen molar-refractivity contribution in [1.82, 2.24) is 14.9 Å². The van der Waals surface area contributed by atoms with Gasteiger partial charge in [0.1, 0.15) is 12.7 Å². The topological polar surface area (TPSA) is 73.8 Å². The molecule has 0 bridgehead atoms. The molecule has 7 nitrogen and oxygen atoms in total. The summed E-state index contributed by atoms with van der Waals surface area (Å²) in [5.41, 5.74) is 0. The number of benzene rings is 1. The first kappa shape index (κ1) is 15.7. The van der Waals surface area contributed by atoms with E-state index >= 15 is 0 Å². The van der Waals surface area contributed by atoms with Crippen LogP contribution in [0.5, 0.6) is 17.4 Å². The first-order valence-corrected chi connectivity index (χ1v) is 8.39. The van der Waals surface area contributed by atoms with E-state index in [1.165, 1.54) is 0 Å².